The number of carbonyl (C=O) groups is 2. The number of nitrogens with one attached hydrogen (secondary N) is 1. The monoisotopic (exact) mass is 281 g/mol. The topological polar surface area (TPSA) is 86.3 Å². The van der Waals surface area contributed by atoms with Crippen molar-refractivity contribution in [1.82, 2.24) is 15.1 Å². The van der Waals surface area contributed by atoms with Crippen molar-refractivity contribution in [2.45, 2.75) is 31.2 Å². The molecule has 2 heterocycles. The zero-order valence-corrected chi connectivity index (χ0v) is 11.3. The van der Waals surface area contributed by atoms with E-state index >= 15 is 0 Å². The number of hydrogen-bond donors (Lipinski definition) is 2. The number of rotatable bonds is 3. The van der Waals surface area contributed by atoms with Gasteiger partial charge >= 0.3 is 5.97 Å². The lowest BCUT2D eigenvalue weighted by Gasteiger charge is -2.26. The summed E-state index contributed by atoms with van der Waals surface area (Å²) >= 11 is 1.57. The van der Waals surface area contributed by atoms with Gasteiger partial charge < -0.3 is 10.0 Å². The van der Waals surface area contributed by atoms with Crippen LogP contribution in [0.15, 0.2) is 6.07 Å². The zero-order chi connectivity index (χ0) is 13.6. The number of carbonyl (C=O) groups excluding carboxylic acids is 1. The number of nitrogens with zero attached hydrogens (tertiary/aromatic N) is 2. The lowest BCUT2D eigenvalue weighted by Crippen LogP contribution is -2.46. The smallest absolute Gasteiger partial charge is 0.327 e. The van der Waals surface area contributed by atoms with Crippen LogP contribution >= 0.6 is 11.8 Å². The predicted octanol–water partition coefficient (Wildman–Crippen LogP) is 1.10. The average Bonchev–Trinajstić information content (AvgIpc) is 2.96. The largest absolute Gasteiger partial charge is 0.480 e. The number of H-pyrrole nitrogens is 1. The number of carboxylic acid groups (broad SMARTS) is 1. The van der Waals surface area contributed by atoms with E-state index in [1.807, 2.05) is 6.92 Å². The molecule has 102 valence electrons. The van der Waals surface area contributed by atoms with Crippen LogP contribution in [0.2, 0.25) is 0 Å². The molecule has 2 atom stereocenters. The van der Waals surface area contributed by atoms with Crippen LogP contribution in [0.5, 0.6) is 0 Å². The SMILES string of the molecule is Cc1cc(C(=O)N2C(C(=O)O)CSC2C2CC2)n[nH]1. The van der Waals surface area contributed by atoms with Crippen LogP contribution in [-0.2, 0) is 4.79 Å². The molecule has 1 aromatic heterocycles. The molecule has 2 unspecified atom stereocenters. The quantitative estimate of drug-likeness (QED) is 0.866. The first-order chi connectivity index (χ1) is 9.08. The second-order valence-electron chi connectivity index (χ2n) is 5.06. The molecule has 0 radical (unpaired) electrons. The van der Waals surface area contributed by atoms with E-state index < -0.39 is 12.0 Å². The summed E-state index contributed by atoms with van der Waals surface area (Å²) in [4.78, 5) is 25.3. The van der Waals surface area contributed by atoms with Gasteiger partial charge in [0, 0.05) is 11.4 Å². The first-order valence-corrected chi connectivity index (χ1v) is 7.32. The van der Waals surface area contributed by atoms with Gasteiger partial charge in [-0.1, -0.05) is 0 Å². The molecule has 2 N–H and O–H groups in total. The number of hydrogen-bond acceptors (Lipinski definition) is 4. The Hall–Kier alpha value is -1.50. The van der Waals surface area contributed by atoms with Crippen LogP contribution in [0.25, 0.3) is 0 Å². The summed E-state index contributed by atoms with van der Waals surface area (Å²) in [5.41, 5.74) is 1.10. The van der Waals surface area contributed by atoms with Gasteiger partial charge in [0.2, 0.25) is 0 Å². The minimum atomic E-state index is -0.934. The van der Waals surface area contributed by atoms with Gasteiger partial charge in [0.1, 0.15) is 11.7 Å². The number of thioether (sulfide) groups is 1. The van der Waals surface area contributed by atoms with E-state index in [-0.39, 0.29) is 11.3 Å². The summed E-state index contributed by atoms with van der Waals surface area (Å²) in [6, 6.07) is 0.925. The summed E-state index contributed by atoms with van der Waals surface area (Å²) in [5, 5.41) is 15.9. The van der Waals surface area contributed by atoms with Crippen molar-refractivity contribution >= 4 is 23.6 Å². The number of aliphatic carboxylic acids is 1. The van der Waals surface area contributed by atoms with Crippen molar-refractivity contribution in [3.8, 4) is 0 Å². The Kier molecular flexibility index (Phi) is 3.00. The molecule has 1 saturated carbocycles. The van der Waals surface area contributed by atoms with Gasteiger partial charge in [-0.3, -0.25) is 9.89 Å². The molecule has 19 heavy (non-hydrogen) atoms. The molecule has 0 aromatic carbocycles. The average molecular weight is 281 g/mol. The van der Waals surface area contributed by atoms with E-state index in [4.69, 9.17) is 0 Å². The summed E-state index contributed by atoms with van der Waals surface area (Å²) in [7, 11) is 0. The maximum Gasteiger partial charge on any atom is 0.327 e. The fraction of sp³-hybridized carbons (Fsp3) is 0.583. The third-order valence-electron chi connectivity index (χ3n) is 3.50. The van der Waals surface area contributed by atoms with Crippen molar-refractivity contribution in [2.24, 2.45) is 5.92 Å². The molecule has 2 fully saturated rings. The Labute approximate surface area is 114 Å². The van der Waals surface area contributed by atoms with Crippen molar-refractivity contribution < 1.29 is 14.7 Å². The standard InChI is InChI=1S/C12H15N3O3S/c1-6-4-8(14-13-6)10(16)15-9(12(17)18)5-19-11(15)7-2-3-7/h4,7,9,11H,2-3,5H2,1H3,(H,13,14)(H,17,18). The number of aryl methyl sites for hydroxylation is 1. The molecule has 6 nitrogen and oxygen atoms in total. The molecule has 1 aliphatic carbocycles. The van der Waals surface area contributed by atoms with Crippen molar-refractivity contribution in [1.29, 1.82) is 0 Å². The highest BCUT2D eigenvalue weighted by Gasteiger charge is 2.48. The predicted molar refractivity (Wildman–Crippen MR) is 69.9 cm³/mol. The summed E-state index contributed by atoms with van der Waals surface area (Å²) in [5.74, 6) is -0.306. The molecule has 1 amide bonds. The van der Waals surface area contributed by atoms with E-state index in [1.54, 1.807) is 17.8 Å². The molecule has 1 aliphatic heterocycles. The van der Waals surface area contributed by atoms with E-state index in [2.05, 4.69) is 10.2 Å². The summed E-state index contributed by atoms with van der Waals surface area (Å²) < 4.78 is 0. The Bertz CT molecular complexity index is 526. The maximum atomic E-state index is 12.5. The summed E-state index contributed by atoms with van der Waals surface area (Å²) in [6.45, 7) is 1.82. The first-order valence-electron chi connectivity index (χ1n) is 6.27. The van der Waals surface area contributed by atoms with E-state index in [1.165, 1.54) is 4.90 Å². The van der Waals surface area contributed by atoms with Crippen molar-refractivity contribution in [3.05, 3.63) is 17.5 Å². The Morgan fingerprint density at radius 2 is 2.26 bits per heavy atom. The minimum Gasteiger partial charge on any atom is -0.480 e. The molecule has 1 saturated heterocycles. The van der Waals surface area contributed by atoms with Gasteiger partial charge in [-0.2, -0.15) is 5.10 Å². The molecule has 2 aliphatic rings. The highest BCUT2D eigenvalue weighted by Crippen LogP contribution is 2.45. The Balaban J connectivity index is 1.88. The van der Waals surface area contributed by atoms with E-state index in [0.29, 0.717) is 17.4 Å². The van der Waals surface area contributed by atoms with Crippen molar-refractivity contribution in [3.63, 3.8) is 0 Å². The lowest BCUT2D eigenvalue weighted by molar-refractivity contribution is -0.141. The van der Waals surface area contributed by atoms with Crippen LogP contribution in [0.1, 0.15) is 29.0 Å². The number of amides is 1. The van der Waals surface area contributed by atoms with Crippen LogP contribution in [0.4, 0.5) is 0 Å². The van der Waals surface area contributed by atoms with Crippen LogP contribution in [0, 0.1) is 12.8 Å². The summed E-state index contributed by atoms with van der Waals surface area (Å²) in [6.07, 6.45) is 2.15. The molecule has 0 bridgehead atoms. The van der Waals surface area contributed by atoms with Gasteiger partial charge in [-0.25, -0.2) is 4.79 Å². The fourth-order valence-corrected chi connectivity index (χ4v) is 4.01. The number of aromatic amines is 1. The highest BCUT2D eigenvalue weighted by molar-refractivity contribution is 8.00. The molecule has 1 aromatic rings. The maximum absolute atomic E-state index is 12.5. The second kappa shape index (κ2) is 4.56. The van der Waals surface area contributed by atoms with Gasteiger partial charge in [-0.15, -0.1) is 11.8 Å². The van der Waals surface area contributed by atoms with Crippen molar-refractivity contribution in [2.75, 3.05) is 5.75 Å². The second-order valence-corrected chi connectivity index (χ2v) is 6.21. The normalized spacial score (nSPS) is 26.7. The van der Waals surface area contributed by atoms with Crippen LogP contribution in [0.3, 0.4) is 0 Å². The molecular formula is C12H15N3O3S. The van der Waals surface area contributed by atoms with Gasteiger partial charge in [-0.05, 0) is 31.7 Å². The Morgan fingerprint density at radius 3 is 2.79 bits per heavy atom. The minimum absolute atomic E-state index is 0.00870. The van der Waals surface area contributed by atoms with Gasteiger partial charge in [0.05, 0.1) is 5.37 Å². The van der Waals surface area contributed by atoms with Crippen LogP contribution in [-0.4, -0.2) is 49.2 Å². The van der Waals surface area contributed by atoms with Gasteiger partial charge in [0.15, 0.2) is 0 Å². The molecule has 0 spiro atoms. The first kappa shape index (κ1) is 12.5. The third-order valence-corrected chi connectivity index (χ3v) is 4.97. The third kappa shape index (κ3) is 2.22. The Morgan fingerprint density at radius 1 is 1.53 bits per heavy atom. The van der Waals surface area contributed by atoms with E-state index in [9.17, 15) is 14.7 Å². The fourth-order valence-electron chi connectivity index (χ4n) is 2.38. The van der Waals surface area contributed by atoms with E-state index in [0.717, 1.165) is 18.5 Å². The number of carboxylic acids is 1. The highest BCUT2D eigenvalue weighted by atomic mass is 32.2. The zero-order valence-electron chi connectivity index (χ0n) is 10.5. The lowest BCUT2D eigenvalue weighted by atomic mass is 10.2. The number of aromatic nitrogens is 2. The molecule has 3 rings (SSSR count). The van der Waals surface area contributed by atoms with Crippen LogP contribution < -0.4 is 0 Å². The molecular weight excluding hydrogens is 266 g/mol. The van der Waals surface area contributed by atoms with Gasteiger partial charge in [0.25, 0.3) is 5.91 Å². The molecule has 7 heteroatoms.